The van der Waals surface area contributed by atoms with Crippen molar-refractivity contribution >= 4 is 39.2 Å². The van der Waals surface area contributed by atoms with Crippen molar-refractivity contribution in [3.05, 3.63) is 91.3 Å². The molecule has 0 unspecified atom stereocenters. The Kier molecular flexibility index (Phi) is 9.29. The smallest absolute Gasteiger partial charge is 0.414 e. The zero-order valence-electron chi connectivity index (χ0n) is 23.5. The van der Waals surface area contributed by atoms with E-state index in [0.717, 1.165) is 16.1 Å². The molecule has 1 saturated heterocycles. The van der Waals surface area contributed by atoms with E-state index >= 15 is 0 Å². The molecule has 2 aromatic carbocycles. The molecule has 0 saturated carbocycles. The molecule has 0 aromatic heterocycles. The lowest BCUT2D eigenvalue weighted by atomic mass is 9.83. The van der Waals surface area contributed by atoms with Crippen LogP contribution in [0.3, 0.4) is 0 Å². The Morgan fingerprint density at radius 1 is 1.00 bits per heavy atom. The number of rotatable bonds is 12. The van der Waals surface area contributed by atoms with Gasteiger partial charge in [0.1, 0.15) is 23.1 Å². The van der Waals surface area contributed by atoms with Gasteiger partial charge in [-0.1, -0.05) is 0 Å². The van der Waals surface area contributed by atoms with Crippen molar-refractivity contribution in [1.82, 2.24) is 9.80 Å². The van der Waals surface area contributed by atoms with Crippen molar-refractivity contribution in [2.75, 3.05) is 18.6 Å². The predicted molar refractivity (Wildman–Crippen MR) is 150 cm³/mol. The van der Waals surface area contributed by atoms with Gasteiger partial charge in [-0.05, 0) is 42.3 Å². The molecule has 44 heavy (non-hydrogen) atoms. The molecular weight excluding hydrogens is 604 g/mol. The van der Waals surface area contributed by atoms with Gasteiger partial charge in [-0.15, -0.1) is 0 Å². The van der Waals surface area contributed by atoms with E-state index in [4.69, 9.17) is 9.47 Å². The summed E-state index contributed by atoms with van der Waals surface area (Å²) in [6, 6.07) is 9.67. The topological polar surface area (TPSA) is 217 Å². The van der Waals surface area contributed by atoms with E-state index < -0.39 is 68.0 Å². The Morgan fingerprint density at radius 3 is 1.95 bits per heavy atom. The zero-order chi connectivity index (χ0) is 32.3. The average molecular weight is 633 g/mol. The fourth-order valence-corrected chi connectivity index (χ4v) is 5.45. The summed E-state index contributed by atoms with van der Waals surface area (Å²) in [6.45, 7) is 0.278. The lowest BCUT2D eigenvalue weighted by molar-refractivity contribution is -0.385. The maximum atomic E-state index is 13.4. The minimum Gasteiger partial charge on any atom is -0.456 e. The van der Waals surface area contributed by atoms with Gasteiger partial charge in [0.15, 0.2) is 5.70 Å². The Labute approximate surface area is 250 Å². The number of carbonyl (C=O) groups is 3. The normalized spacial score (nSPS) is 18.2. The van der Waals surface area contributed by atoms with Crippen molar-refractivity contribution in [3.8, 4) is 0 Å². The molecule has 16 nitrogen and oxygen atoms in total. The Bertz CT molecular complexity index is 1620. The number of nitrogens with zero attached hydrogens (tertiary/aromatic N) is 4. The van der Waals surface area contributed by atoms with Crippen LogP contribution in [-0.2, 0) is 42.1 Å². The van der Waals surface area contributed by atoms with Gasteiger partial charge in [0.05, 0.1) is 39.4 Å². The number of carbonyl (C=O) groups excluding carboxylic acids is 3. The SMILES string of the molecule is C[C@@H](O)[C@H]1C(=O)N2C(C(=O)OCc3ccc([N+](=O)[O-])cc3)=C(N(CCS(C)(=O)=O)C(=O)OCc3ccc([N+](=O)[O-])cc3)C[C@H]12. The van der Waals surface area contributed by atoms with Gasteiger partial charge in [0.2, 0.25) is 5.91 Å². The highest BCUT2D eigenvalue weighted by Gasteiger charge is 2.58. The summed E-state index contributed by atoms with van der Waals surface area (Å²) in [7, 11) is -3.62. The molecule has 2 amide bonds. The number of nitro groups is 2. The Balaban J connectivity index is 1.62. The monoisotopic (exact) mass is 632 g/mol. The fourth-order valence-electron chi connectivity index (χ4n) is 4.94. The molecule has 0 bridgehead atoms. The number of sulfone groups is 1. The second kappa shape index (κ2) is 12.8. The molecule has 2 aliphatic rings. The number of nitro benzene ring substituents is 2. The summed E-state index contributed by atoms with van der Waals surface area (Å²) >= 11 is 0. The van der Waals surface area contributed by atoms with Crippen molar-refractivity contribution in [1.29, 1.82) is 0 Å². The van der Waals surface area contributed by atoms with E-state index in [1.807, 2.05) is 0 Å². The second-order valence-electron chi connectivity index (χ2n) is 10.3. The number of non-ortho nitro benzene ring substituents is 2. The maximum absolute atomic E-state index is 13.4. The highest BCUT2D eigenvalue weighted by molar-refractivity contribution is 7.90. The molecule has 3 atom stereocenters. The first kappa shape index (κ1) is 32.0. The van der Waals surface area contributed by atoms with Crippen LogP contribution in [0.2, 0.25) is 0 Å². The second-order valence-corrected chi connectivity index (χ2v) is 12.6. The molecular formula is C27H28N4O12S. The van der Waals surface area contributed by atoms with Crippen molar-refractivity contribution in [2.24, 2.45) is 5.92 Å². The molecule has 0 radical (unpaired) electrons. The van der Waals surface area contributed by atoms with Crippen LogP contribution in [0.25, 0.3) is 0 Å². The van der Waals surface area contributed by atoms with Crippen LogP contribution in [0.5, 0.6) is 0 Å². The molecule has 0 aliphatic carbocycles. The number of esters is 1. The molecule has 1 N–H and O–H groups in total. The number of benzene rings is 2. The number of fused-ring (bicyclic) bond motifs is 1. The third kappa shape index (κ3) is 7.00. The highest BCUT2D eigenvalue weighted by atomic mass is 32.2. The van der Waals surface area contributed by atoms with E-state index in [1.165, 1.54) is 55.5 Å². The summed E-state index contributed by atoms with van der Waals surface area (Å²) in [6.07, 6.45) is -1.28. The number of ether oxygens (including phenoxy) is 2. The van der Waals surface area contributed by atoms with E-state index in [2.05, 4.69) is 0 Å². The first-order valence-corrected chi connectivity index (χ1v) is 15.2. The van der Waals surface area contributed by atoms with Crippen LogP contribution >= 0.6 is 0 Å². The van der Waals surface area contributed by atoms with Crippen LogP contribution in [0.15, 0.2) is 59.9 Å². The number of amides is 2. The number of β-lactam (4-membered cyclic amide) rings is 1. The summed E-state index contributed by atoms with van der Waals surface area (Å²) in [5, 5.41) is 32.0. The van der Waals surface area contributed by atoms with Gasteiger partial charge < -0.3 is 14.6 Å². The summed E-state index contributed by atoms with van der Waals surface area (Å²) in [4.78, 5) is 62.5. The third-order valence-corrected chi connectivity index (χ3v) is 8.08. The summed E-state index contributed by atoms with van der Waals surface area (Å²) in [5.41, 5.74) is 0.0758. The molecule has 4 rings (SSSR count). The average Bonchev–Trinajstić information content (AvgIpc) is 3.29. The van der Waals surface area contributed by atoms with Crippen molar-refractivity contribution in [3.63, 3.8) is 0 Å². The van der Waals surface area contributed by atoms with Gasteiger partial charge >= 0.3 is 12.1 Å². The van der Waals surface area contributed by atoms with Crippen molar-refractivity contribution in [2.45, 2.75) is 38.7 Å². The van der Waals surface area contributed by atoms with Gasteiger partial charge in [-0.2, -0.15) is 0 Å². The lowest BCUT2D eigenvalue weighted by Crippen LogP contribution is -2.61. The number of hydrogen-bond donors (Lipinski definition) is 1. The van der Waals surface area contributed by atoms with Crippen LogP contribution in [0.4, 0.5) is 16.2 Å². The zero-order valence-corrected chi connectivity index (χ0v) is 24.3. The molecule has 17 heteroatoms. The van der Waals surface area contributed by atoms with E-state index in [0.29, 0.717) is 11.1 Å². The third-order valence-electron chi connectivity index (χ3n) is 7.16. The predicted octanol–water partition coefficient (Wildman–Crippen LogP) is 2.05. The van der Waals surface area contributed by atoms with Gasteiger partial charge in [0.25, 0.3) is 11.4 Å². The Morgan fingerprint density at radius 2 is 1.50 bits per heavy atom. The Hall–Kier alpha value is -4.90. The maximum Gasteiger partial charge on any atom is 0.414 e. The van der Waals surface area contributed by atoms with Crippen LogP contribution in [0.1, 0.15) is 24.5 Å². The summed E-state index contributed by atoms with van der Waals surface area (Å²) < 4.78 is 34.8. The molecule has 2 aromatic rings. The van der Waals surface area contributed by atoms with E-state index in [-0.39, 0.29) is 42.4 Å². The van der Waals surface area contributed by atoms with Gasteiger partial charge in [-0.25, -0.2) is 18.0 Å². The van der Waals surface area contributed by atoms with E-state index in [9.17, 15) is 48.1 Å². The standard InChI is InChI=1S/C27H28N4O12S/c1-16(32)23-21-13-22(24(29(21)25(23)33)26(34)42-14-17-3-7-19(8-4-17)30(36)37)28(11-12-44(2,40)41)27(35)43-15-18-5-9-20(10-6-18)31(38)39/h3-10,16,21,23,32H,11-15H2,1-2H3/t16-,21-,23-/m1/s1. The van der Waals surface area contributed by atoms with Gasteiger partial charge in [-0.3, -0.25) is 34.8 Å². The number of aliphatic hydroxyl groups excluding tert-OH is 1. The fraction of sp³-hybridized carbons (Fsp3) is 0.370. The first-order valence-electron chi connectivity index (χ1n) is 13.2. The lowest BCUT2D eigenvalue weighted by Gasteiger charge is -2.44. The van der Waals surface area contributed by atoms with E-state index in [1.54, 1.807) is 0 Å². The first-order chi connectivity index (χ1) is 20.7. The molecule has 2 heterocycles. The minimum absolute atomic E-state index is 0.0439. The van der Waals surface area contributed by atoms with Crippen molar-refractivity contribution < 1.29 is 47.2 Å². The van der Waals surface area contributed by atoms with Crippen LogP contribution < -0.4 is 0 Å². The van der Waals surface area contributed by atoms with Gasteiger partial charge in [0, 0.05) is 43.5 Å². The highest BCUT2D eigenvalue weighted by Crippen LogP contribution is 2.45. The molecule has 0 spiro atoms. The largest absolute Gasteiger partial charge is 0.456 e. The molecule has 1 fully saturated rings. The molecule has 2 aliphatic heterocycles. The quantitative estimate of drug-likeness (QED) is 0.154. The van der Waals surface area contributed by atoms with Crippen LogP contribution in [0, 0.1) is 26.1 Å². The molecule has 234 valence electrons. The minimum atomic E-state index is -3.62. The summed E-state index contributed by atoms with van der Waals surface area (Å²) in [5.74, 6) is -3.03. The number of hydrogen-bond acceptors (Lipinski definition) is 12. The van der Waals surface area contributed by atoms with Crippen LogP contribution in [-0.4, -0.2) is 81.8 Å². The number of aliphatic hydroxyl groups is 1.